The van der Waals surface area contributed by atoms with Crippen LogP contribution in [0.1, 0.15) is 11.1 Å². The van der Waals surface area contributed by atoms with Crippen molar-refractivity contribution in [2.24, 2.45) is 5.14 Å². The molecule has 0 atom stereocenters. The van der Waals surface area contributed by atoms with E-state index in [0.29, 0.717) is 5.56 Å². The lowest BCUT2D eigenvalue weighted by atomic mass is 10.1. The third-order valence-corrected chi connectivity index (χ3v) is 3.03. The van der Waals surface area contributed by atoms with E-state index in [-0.39, 0.29) is 6.54 Å². The van der Waals surface area contributed by atoms with Crippen LogP contribution in [-0.4, -0.2) is 19.8 Å². The third kappa shape index (κ3) is 3.26. The highest BCUT2D eigenvalue weighted by Gasteiger charge is 2.13. The number of nitrogens with two attached hydrogens (primary N) is 1. The van der Waals surface area contributed by atoms with E-state index in [4.69, 9.17) is 5.14 Å². The average molecular weight is 232 g/mol. The molecule has 0 saturated heterocycles. The summed E-state index contributed by atoms with van der Waals surface area (Å²) in [4.78, 5) is 0. The minimum atomic E-state index is -3.76. The molecule has 0 saturated carbocycles. The molecule has 84 valence electrons. The summed E-state index contributed by atoms with van der Waals surface area (Å²) in [5.74, 6) is -0.425. The lowest BCUT2D eigenvalue weighted by Crippen LogP contribution is -2.32. The zero-order valence-electron chi connectivity index (χ0n) is 8.57. The monoisotopic (exact) mass is 232 g/mol. The Labute approximate surface area is 88.7 Å². The predicted octanol–water partition coefficient (Wildman–Crippen LogP) is 0.769. The van der Waals surface area contributed by atoms with Gasteiger partial charge >= 0.3 is 0 Å². The van der Waals surface area contributed by atoms with Gasteiger partial charge in [0.15, 0.2) is 0 Å². The van der Waals surface area contributed by atoms with Crippen LogP contribution in [0.25, 0.3) is 0 Å². The van der Waals surface area contributed by atoms with Crippen LogP contribution in [0, 0.1) is 12.7 Å². The van der Waals surface area contributed by atoms with Gasteiger partial charge in [0.05, 0.1) is 0 Å². The molecule has 6 heteroatoms. The van der Waals surface area contributed by atoms with Crippen LogP contribution in [0.4, 0.5) is 4.39 Å². The maximum absolute atomic E-state index is 13.3. The molecule has 0 spiro atoms. The first kappa shape index (κ1) is 12.1. The summed E-state index contributed by atoms with van der Waals surface area (Å²) in [5.41, 5.74) is 1.09. The Bertz CT molecular complexity index is 459. The molecule has 1 aromatic carbocycles. The van der Waals surface area contributed by atoms with Crippen LogP contribution in [0.2, 0.25) is 0 Å². The molecule has 1 rings (SSSR count). The molecule has 0 unspecified atom stereocenters. The molecule has 0 aromatic heterocycles. The van der Waals surface area contributed by atoms with Crippen LogP contribution in [0.3, 0.4) is 0 Å². The van der Waals surface area contributed by atoms with Crippen molar-refractivity contribution in [2.45, 2.75) is 13.5 Å². The van der Waals surface area contributed by atoms with E-state index < -0.39 is 16.0 Å². The quantitative estimate of drug-likeness (QED) is 0.836. The topological polar surface area (TPSA) is 63.4 Å². The van der Waals surface area contributed by atoms with Crippen LogP contribution in [0.5, 0.6) is 0 Å². The van der Waals surface area contributed by atoms with E-state index in [2.05, 4.69) is 0 Å². The number of nitrogens with zero attached hydrogens (tertiary/aromatic N) is 1. The van der Waals surface area contributed by atoms with Gasteiger partial charge in [0.1, 0.15) is 5.82 Å². The second-order valence-corrected chi connectivity index (χ2v) is 5.05. The average Bonchev–Trinajstić information content (AvgIpc) is 2.08. The van der Waals surface area contributed by atoms with Gasteiger partial charge in [0, 0.05) is 19.2 Å². The number of halogens is 1. The summed E-state index contributed by atoms with van der Waals surface area (Å²) < 4.78 is 36.0. The summed E-state index contributed by atoms with van der Waals surface area (Å²) in [6, 6.07) is 4.62. The minimum absolute atomic E-state index is 0.0645. The predicted molar refractivity (Wildman–Crippen MR) is 55.7 cm³/mol. The molecular formula is C9H13FN2O2S. The van der Waals surface area contributed by atoms with Gasteiger partial charge in [0.25, 0.3) is 10.2 Å². The number of rotatable bonds is 3. The SMILES string of the molecule is Cc1ccc(CN(C)S(N)(=O)=O)c(F)c1. The molecule has 0 aliphatic heterocycles. The molecule has 4 nitrogen and oxygen atoms in total. The summed E-state index contributed by atoms with van der Waals surface area (Å²) in [5, 5.41) is 4.88. The summed E-state index contributed by atoms with van der Waals surface area (Å²) >= 11 is 0. The van der Waals surface area contributed by atoms with E-state index in [9.17, 15) is 12.8 Å². The largest absolute Gasteiger partial charge is 0.276 e. The number of aryl methyl sites for hydroxylation is 1. The highest BCUT2D eigenvalue weighted by Crippen LogP contribution is 2.12. The van der Waals surface area contributed by atoms with Gasteiger partial charge in [-0.1, -0.05) is 12.1 Å². The highest BCUT2D eigenvalue weighted by atomic mass is 32.2. The first-order valence-electron chi connectivity index (χ1n) is 4.30. The molecule has 0 aliphatic carbocycles. The lowest BCUT2D eigenvalue weighted by Gasteiger charge is -2.14. The molecule has 0 bridgehead atoms. The molecule has 0 amide bonds. The van der Waals surface area contributed by atoms with Crippen molar-refractivity contribution in [1.82, 2.24) is 4.31 Å². The Hall–Kier alpha value is -0.980. The van der Waals surface area contributed by atoms with Crippen molar-refractivity contribution in [3.05, 3.63) is 35.1 Å². The van der Waals surface area contributed by atoms with Gasteiger partial charge in [-0.3, -0.25) is 0 Å². The van der Waals surface area contributed by atoms with Crippen LogP contribution in [0.15, 0.2) is 18.2 Å². The minimum Gasteiger partial charge on any atom is -0.216 e. The fourth-order valence-electron chi connectivity index (χ4n) is 1.11. The van der Waals surface area contributed by atoms with Gasteiger partial charge < -0.3 is 0 Å². The number of benzene rings is 1. The molecule has 0 aliphatic rings. The van der Waals surface area contributed by atoms with Gasteiger partial charge in [-0.05, 0) is 18.6 Å². The molecule has 15 heavy (non-hydrogen) atoms. The molecule has 0 radical (unpaired) electrons. The fraction of sp³-hybridized carbons (Fsp3) is 0.333. The van der Waals surface area contributed by atoms with Crippen LogP contribution >= 0.6 is 0 Å². The Kier molecular flexibility index (Phi) is 3.43. The third-order valence-electron chi connectivity index (χ3n) is 2.04. The number of hydrogen-bond donors (Lipinski definition) is 1. The smallest absolute Gasteiger partial charge is 0.216 e. The molecule has 0 heterocycles. The first-order chi connectivity index (χ1) is 6.80. The number of hydrogen-bond acceptors (Lipinski definition) is 2. The lowest BCUT2D eigenvalue weighted by molar-refractivity contribution is 0.457. The maximum atomic E-state index is 13.3. The Morgan fingerprint density at radius 3 is 2.53 bits per heavy atom. The summed E-state index contributed by atoms with van der Waals surface area (Å²) in [6.45, 7) is 1.70. The van der Waals surface area contributed by atoms with Crippen molar-refractivity contribution < 1.29 is 12.8 Å². The summed E-state index contributed by atoms with van der Waals surface area (Å²) in [7, 11) is -2.46. The van der Waals surface area contributed by atoms with E-state index in [0.717, 1.165) is 9.87 Å². The van der Waals surface area contributed by atoms with Crippen molar-refractivity contribution in [2.75, 3.05) is 7.05 Å². The Morgan fingerprint density at radius 1 is 1.47 bits per heavy atom. The van der Waals surface area contributed by atoms with Crippen molar-refractivity contribution in [3.8, 4) is 0 Å². The second-order valence-electron chi connectivity index (χ2n) is 3.40. The van der Waals surface area contributed by atoms with E-state index in [1.807, 2.05) is 0 Å². The molecular weight excluding hydrogens is 219 g/mol. The van der Waals surface area contributed by atoms with Gasteiger partial charge in [-0.2, -0.15) is 12.7 Å². The maximum Gasteiger partial charge on any atom is 0.276 e. The normalized spacial score (nSPS) is 12.1. The Morgan fingerprint density at radius 2 is 2.07 bits per heavy atom. The van der Waals surface area contributed by atoms with Gasteiger partial charge in [-0.15, -0.1) is 0 Å². The van der Waals surface area contributed by atoms with Gasteiger partial charge in [0.2, 0.25) is 0 Å². The van der Waals surface area contributed by atoms with E-state index >= 15 is 0 Å². The summed E-state index contributed by atoms with van der Waals surface area (Å²) in [6.07, 6.45) is 0. The standard InChI is InChI=1S/C9H13FN2O2S/c1-7-3-4-8(9(10)5-7)6-12(2)15(11,13)14/h3-5H,6H2,1-2H3,(H2,11,13,14). The fourth-order valence-corrected chi connectivity index (χ4v) is 1.43. The van der Waals surface area contributed by atoms with Crippen LogP contribution in [-0.2, 0) is 16.8 Å². The van der Waals surface area contributed by atoms with Crippen molar-refractivity contribution >= 4 is 10.2 Å². The first-order valence-corrected chi connectivity index (χ1v) is 5.80. The zero-order valence-corrected chi connectivity index (χ0v) is 9.38. The van der Waals surface area contributed by atoms with Gasteiger partial charge in [-0.25, -0.2) is 9.53 Å². The van der Waals surface area contributed by atoms with E-state index in [1.165, 1.54) is 13.1 Å². The zero-order chi connectivity index (χ0) is 11.6. The molecule has 2 N–H and O–H groups in total. The van der Waals surface area contributed by atoms with E-state index in [1.54, 1.807) is 19.1 Å². The second kappa shape index (κ2) is 4.26. The Balaban J connectivity index is 2.91. The molecule has 0 fully saturated rings. The van der Waals surface area contributed by atoms with Crippen LogP contribution < -0.4 is 5.14 Å². The van der Waals surface area contributed by atoms with Crippen molar-refractivity contribution in [1.29, 1.82) is 0 Å². The molecule has 1 aromatic rings. The van der Waals surface area contributed by atoms with Crippen molar-refractivity contribution in [3.63, 3.8) is 0 Å². The highest BCUT2D eigenvalue weighted by molar-refractivity contribution is 7.86.